The lowest BCUT2D eigenvalue weighted by molar-refractivity contribution is -0.134. The van der Waals surface area contributed by atoms with Crippen LogP contribution in [0.25, 0.3) is 0 Å². The average Bonchev–Trinajstić information content (AvgIpc) is 3.48. The maximum Gasteiger partial charge on any atom is 0.352 e. The number of nitrogens with zero attached hydrogens (tertiary/aromatic N) is 3. The Morgan fingerprint density at radius 2 is 2.03 bits per heavy atom. The van der Waals surface area contributed by atoms with Crippen LogP contribution in [0.2, 0.25) is 0 Å². The number of carboxylic acids is 1. The Labute approximate surface area is 176 Å². The van der Waals surface area contributed by atoms with Crippen LogP contribution in [-0.2, 0) is 4.79 Å². The number of carbonyl (C=O) groups is 1. The molecule has 0 radical (unpaired) electrons. The lowest BCUT2D eigenvalue weighted by Crippen LogP contribution is -2.52. The molecule has 0 spiro atoms. The Kier molecular flexibility index (Phi) is 7.23. The minimum absolute atomic E-state index is 0.201. The highest BCUT2D eigenvalue weighted by Gasteiger charge is 2.42. The average molecular weight is 400 g/mol. The Hall–Kier alpha value is -2.01. The molecule has 5 nitrogen and oxygen atoms in total. The van der Waals surface area contributed by atoms with Gasteiger partial charge in [0.15, 0.2) is 0 Å². The number of aliphatic carboxylic acids is 1. The van der Waals surface area contributed by atoms with E-state index >= 15 is 0 Å². The number of hydrogen-bond acceptors (Lipinski definition) is 4. The molecule has 0 bridgehead atoms. The number of piperazine rings is 1. The lowest BCUT2D eigenvalue weighted by Gasteiger charge is -2.46. The van der Waals surface area contributed by atoms with Gasteiger partial charge in [0.05, 0.1) is 12.6 Å². The molecule has 1 atom stereocenters. The van der Waals surface area contributed by atoms with Crippen LogP contribution in [0.4, 0.5) is 0 Å². The predicted molar refractivity (Wildman–Crippen MR) is 118 cm³/mol. The van der Waals surface area contributed by atoms with Crippen molar-refractivity contribution in [2.75, 3.05) is 33.2 Å². The molecule has 1 heterocycles. The van der Waals surface area contributed by atoms with Gasteiger partial charge < -0.3 is 19.8 Å². The largest absolute Gasteiger partial charge is 0.477 e. The van der Waals surface area contributed by atoms with Crippen LogP contribution >= 0.6 is 0 Å². The standard InChI is InChI=1S/C24H37N3O2/c1-5-9-22(24(28)29)27-18(3)16-26(17-23(27)20-13-14-20)21(19-10-7-11-19)12-8-15-25(4)6-2/h8-9,12,20,23H,3,5-7,10-11,13-17H2,1-2,4H3,(H,28,29)/b12-8+,22-9-. The van der Waals surface area contributed by atoms with Gasteiger partial charge in [0.25, 0.3) is 0 Å². The third kappa shape index (κ3) is 5.13. The summed E-state index contributed by atoms with van der Waals surface area (Å²) in [7, 11) is 2.14. The molecule has 0 aromatic heterocycles. The molecule has 1 N–H and O–H groups in total. The minimum atomic E-state index is -0.841. The van der Waals surface area contributed by atoms with E-state index in [2.05, 4.69) is 42.5 Å². The van der Waals surface area contributed by atoms with Crippen LogP contribution in [0.1, 0.15) is 52.4 Å². The zero-order chi connectivity index (χ0) is 21.0. The molecular weight excluding hydrogens is 362 g/mol. The van der Waals surface area contributed by atoms with Crippen molar-refractivity contribution in [1.29, 1.82) is 0 Å². The molecular formula is C24H37N3O2. The molecule has 5 heteroatoms. The first-order valence-electron chi connectivity index (χ1n) is 11.2. The summed E-state index contributed by atoms with van der Waals surface area (Å²) in [6.07, 6.45) is 13.1. The molecule has 2 aliphatic carbocycles. The van der Waals surface area contributed by atoms with Crippen molar-refractivity contribution in [3.05, 3.63) is 47.5 Å². The predicted octanol–water partition coefficient (Wildman–Crippen LogP) is 4.22. The van der Waals surface area contributed by atoms with E-state index in [4.69, 9.17) is 0 Å². The maximum atomic E-state index is 11.9. The molecule has 1 saturated heterocycles. The van der Waals surface area contributed by atoms with Crippen LogP contribution in [-0.4, -0.2) is 65.0 Å². The van der Waals surface area contributed by atoms with Gasteiger partial charge in [-0.05, 0) is 69.7 Å². The number of carboxylic acid groups (broad SMARTS) is 1. The van der Waals surface area contributed by atoms with Crippen molar-refractivity contribution in [2.24, 2.45) is 5.92 Å². The van der Waals surface area contributed by atoms with Crippen LogP contribution < -0.4 is 0 Å². The van der Waals surface area contributed by atoms with Crippen LogP contribution in [0.3, 0.4) is 0 Å². The highest BCUT2D eigenvalue weighted by atomic mass is 16.4. The SMILES string of the molecule is C=C1CN(C(/C=C/CN(C)CC)=C2CCC2)CC(C2CC2)N1/C(=C\CC)C(=O)O. The molecule has 1 aliphatic heterocycles. The first-order valence-corrected chi connectivity index (χ1v) is 11.2. The second-order valence-electron chi connectivity index (χ2n) is 8.62. The molecule has 160 valence electrons. The first-order chi connectivity index (χ1) is 14.0. The van der Waals surface area contributed by atoms with E-state index in [1.807, 2.05) is 17.9 Å². The van der Waals surface area contributed by atoms with Gasteiger partial charge in [-0.15, -0.1) is 0 Å². The summed E-state index contributed by atoms with van der Waals surface area (Å²) in [5, 5.41) is 9.81. The molecule has 3 aliphatic rings. The number of hydrogen-bond donors (Lipinski definition) is 1. The summed E-state index contributed by atoms with van der Waals surface area (Å²) < 4.78 is 0. The van der Waals surface area contributed by atoms with E-state index in [9.17, 15) is 9.90 Å². The highest BCUT2D eigenvalue weighted by Crippen LogP contribution is 2.42. The topological polar surface area (TPSA) is 47.0 Å². The van der Waals surface area contributed by atoms with Gasteiger partial charge in [-0.3, -0.25) is 0 Å². The molecule has 3 fully saturated rings. The molecule has 2 saturated carbocycles. The second-order valence-corrected chi connectivity index (χ2v) is 8.62. The third-order valence-corrected chi connectivity index (χ3v) is 6.39. The van der Waals surface area contributed by atoms with Crippen molar-refractivity contribution in [3.63, 3.8) is 0 Å². The van der Waals surface area contributed by atoms with Crippen LogP contribution in [0.15, 0.2) is 47.5 Å². The zero-order valence-electron chi connectivity index (χ0n) is 18.4. The van der Waals surface area contributed by atoms with E-state index in [-0.39, 0.29) is 6.04 Å². The summed E-state index contributed by atoms with van der Waals surface area (Å²) in [4.78, 5) is 18.7. The quantitative estimate of drug-likeness (QED) is 0.588. The van der Waals surface area contributed by atoms with Crippen LogP contribution in [0.5, 0.6) is 0 Å². The fourth-order valence-electron chi connectivity index (χ4n) is 4.29. The second kappa shape index (κ2) is 9.66. The Morgan fingerprint density at radius 3 is 2.55 bits per heavy atom. The van der Waals surface area contributed by atoms with E-state index < -0.39 is 5.97 Å². The van der Waals surface area contributed by atoms with Gasteiger partial charge in [-0.1, -0.05) is 32.6 Å². The molecule has 1 unspecified atom stereocenters. The van der Waals surface area contributed by atoms with E-state index in [1.165, 1.54) is 37.8 Å². The molecule has 0 amide bonds. The van der Waals surface area contributed by atoms with Crippen molar-refractivity contribution in [3.8, 4) is 0 Å². The smallest absolute Gasteiger partial charge is 0.352 e. The molecule has 3 rings (SSSR count). The zero-order valence-corrected chi connectivity index (χ0v) is 18.4. The van der Waals surface area contributed by atoms with E-state index in [1.54, 1.807) is 5.57 Å². The van der Waals surface area contributed by atoms with Gasteiger partial charge in [0, 0.05) is 24.5 Å². The van der Waals surface area contributed by atoms with Crippen molar-refractivity contribution < 1.29 is 9.90 Å². The molecule has 29 heavy (non-hydrogen) atoms. The summed E-state index contributed by atoms with van der Waals surface area (Å²) in [6.45, 7) is 12.1. The van der Waals surface area contributed by atoms with E-state index in [0.717, 1.165) is 31.8 Å². The van der Waals surface area contributed by atoms with Gasteiger partial charge in [0.2, 0.25) is 0 Å². The molecule has 0 aromatic rings. The summed E-state index contributed by atoms with van der Waals surface area (Å²) >= 11 is 0. The lowest BCUT2D eigenvalue weighted by atomic mass is 9.89. The van der Waals surface area contributed by atoms with Gasteiger partial charge in [-0.2, -0.15) is 0 Å². The third-order valence-electron chi connectivity index (χ3n) is 6.39. The minimum Gasteiger partial charge on any atom is -0.477 e. The Morgan fingerprint density at radius 1 is 1.31 bits per heavy atom. The Balaban J connectivity index is 1.83. The maximum absolute atomic E-state index is 11.9. The fourth-order valence-corrected chi connectivity index (χ4v) is 4.29. The molecule has 0 aromatic carbocycles. The monoisotopic (exact) mass is 399 g/mol. The normalized spacial score (nSPS) is 23.2. The van der Waals surface area contributed by atoms with Crippen molar-refractivity contribution in [2.45, 2.75) is 58.4 Å². The fraction of sp³-hybridized carbons (Fsp3) is 0.625. The Bertz CT molecular complexity index is 712. The van der Waals surface area contributed by atoms with Crippen molar-refractivity contribution in [1.82, 2.24) is 14.7 Å². The summed E-state index contributed by atoms with van der Waals surface area (Å²) in [5.41, 5.74) is 4.21. The summed E-state index contributed by atoms with van der Waals surface area (Å²) in [5.74, 6) is -0.274. The number of likely N-dealkylation sites (N-methyl/N-ethyl adjacent to an activating group) is 1. The van der Waals surface area contributed by atoms with E-state index in [0.29, 0.717) is 18.2 Å². The number of rotatable bonds is 9. The van der Waals surface area contributed by atoms with Gasteiger partial charge in [-0.25, -0.2) is 4.79 Å². The van der Waals surface area contributed by atoms with Gasteiger partial charge in [0.1, 0.15) is 5.70 Å². The van der Waals surface area contributed by atoms with Crippen LogP contribution in [0, 0.1) is 5.92 Å². The van der Waals surface area contributed by atoms with Crippen molar-refractivity contribution >= 4 is 5.97 Å². The first kappa shape index (κ1) is 21.7. The summed E-state index contributed by atoms with van der Waals surface area (Å²) in [6, 6.07) is 0.201. The highest BCUT2D eigenvalue weighted by molar-refractivity contribution is 5.86. The number of allylic oxidation sites excluding steroid dienone is 3. The van der Waals surface area contributed by atoms with Gasteiger partial charge >= 0.3 is 5.97 Å².